The van der Waals surface area contributed by atoms with E-state index in [-0.39, 0.29) is 6.10 Å². The van der Waals surface area contributed by atoms with Crippen LogP contribution in [0.5, 0.6) is 5.75 Å². The lowest BCUT2D eigenvalue weighted by Crippen LogP contribution is -2.25. The third-order valence-electron chi connectivity index (χ3n) is 7.15. The predicted octanol–water partition coefficient (Wildman–Crippen LogP) is 5.44. The van der Waals surface area contributed by atoms with Gasteiger partial charge in [-0.2, -0.15) is 0 Å². The van der Waals surface area contributed by atoms with Gasteiger partial charge in [0.2, 0.25) is 0 Å². The second kappa shape index (κ2) is 9.42. The first-order valence-electron chi connectivity index (χ1n) is 11.9. The Labute approximate surface area is 186 Å². The molecule has 3 atom stereocenters. The number of allylic oxidation sites excluding steroid dienone is 2. The molecule has 162 valence electrons. The summed E-state index contributed by atoms with van der Waals surface area (Å²) in [6.45, 7) is 4.20. The molecule has 31 heavy (non-hydrogen) atoms. The largest absolute Gasteiger partial charge is 0.492 e. The van der Waals surface area contributed by atoms with Crippen LogP contribution >= 0.6 is 0 Å². The number of fused-ring (bicyclic) bond motifs is 1. The van der Waals surface area contributed by atoms with Crippen molar-refractivity contribution in [2.45, 2.75) is 50.0 Å². The molecular weight excluding hydrogens is 382 g/mol. The number of aliphatic hydroxyl groups excluding tert-OH is 1. The van der Waals surface area contributed by atoms with Crippen molar-refractivity contribution in [1.29, 1.82) is 0 Å². The second-order valence-electron chi connectivity index (χ2n) is 9.15. The number of hydrogen-bond acceptors (Lipinski definition) is 3. The van der Waals surface area contributed by atoms with E-state index in [1.807, 2.05) is 0 Å². The van der Waals surface area contributed by atoms with Crippen LogP contribution in [0.1, 0.15) is 55.1 Å². The van der Waals surface area contributed by atoms with Crippen LogP contribution in [0.25, 0.3) is 0 Å². The quantitative estimate of drug-likeness (QED) is 0.682. The lowest BCUT2D eigenvalue weighted by molar-refractivity contribution is 0.222. The van der Waals surface area contributed by atoms with Crippen molar-refractivity contribution in [3.63, 3.8) is 0 Å². The molecule has 0 aromatic heterocycles. The normalized spacial score (nSPS) is 26.2. The van der Waals surface area contributed by atoms with E-state index in [1.54, 1.807) is 0 Å². The first kappa shape index (κ1) is 20.5. The summed E-state index contributed by atoms with van der Waals surface area (Å²) < 4.78 is 6.04. The van der Waals surface area contributed by atoms with E-state index in [1.165, 1.54) is 48.2 Å². The molecule has 2 fully saturated rings. The highest BCUT2D eigenvalue weighted by Crippen LogP contribution is 2.50. The van der Waals surface area contributed by atoms with Gasteiger partial charge in [0.1, 0.15) is 12.4 Å². The van der Waals surface area contributed by atoms with Gasteiger partial charge in [-0.25, -0.2) is 0 Å². The summed E-state index contributed by atoms with van der Waals surface area (Å²) in [7, 11) is 0. The molecule has 1 aliphatic heterocycles. The number of likely N-dealkylation sites (tertiary alicyclic amines) is 1. The monoisotopic (exact) mass is 415 g/mol. The summed E-state index contributed by atoms with van der Waals surface area (Å²) in [4.78, 5) is 2.48. The Morgan fingerprint density at radius 2 is 1.71 bits per heavy atom. The van der Waals surface area contributed by atoms with Crippen LogP contribution in [0.4, 0.5) is 0 Å². The molecule has 2 aliphatic carbocycles. The molecule has 2 aromatic carbocycles. The molecule has 0 bridgehead atoms. The van der Waals surface area contributed by atoms with Gasteiger partial charge < -0.3 is 9.84 Å². The van der Waals surface area contributed by atoms with Crippen LogP contribution in [0.15, 0.2) is 77.9 Å². The highest BCUT2D eigenvalue weighted by molar-refractivity contribution is 5.50. The Balaban J connectivity index is 1.36. The molecule has 5 rings (SSSR count). The summed E-state index contributed by atoms with van der Waals surface area (Å²) in [6.07, 6.45) is 9.53. The fourth-order valence-corrected chi connectivity index (χ4v) is 5.57. The highest BCUT2D eigenvalue weighted by Gasteiger charge is 2.35. The molecule has 1 unspecified atom stereocenters. The van der Waals surface area contributed by atoms with E-state index in [9.17, 15) is 5.11 Å². The molecule has 1 N–H and O–H groups in total. The fourth-order valence-electron chi connectivity index (χ4n) is 5.57. The van der Waals surface area contributed by atoms with Crippen molar-refractivity contribution in [1.82, 2.24) is 4.90 Å². The first-order valence-corrected chi connectivity index (χ1v) is 11.9. The number of benzene rings is 2. The fraction of sp³-hybridized carbons (Fsp3) is 0.429. The van der Waals surface area contributed by atoms with Crippen molar-refractivity contribution in [2.75, 3.05) is 26.2 Å². The molecule has 3 aliphatic rings. The molecule has 0 spiro atoms. The van der Waals surface area contributed by atoms with Crippen LogP contribution < -0.4 is 4.74 Å². The van der Waals surface area contributed by atoms with E-state index in [0.29, 0.717) is 18.3 Å². The molecule has 1 saturated carbocycles. The maximum atomic E-state index is 10.1. The number of nitrogens with zero attached hydrogens (tertiary/aromatic N) is 1. The van der Waals surface area contributed by atoms with Gasteiger partial charge >= 0.3 is 0 Å². The Bertz CT molecular complexity index is 925. The van der Waals surface area contributed by atoms with Crippen LogP contribution in [0.2, 0.25) is 0 Å². The van der Waals surface area contributed by atoms with E-state index in [2.05, 4.69) is 71.6 Å². The van der Waals surface area contributed by atoms with Crippen LogP contribution in [0, 0.1) is 0 Å². The van der Waals surface area contributed by atoms with Gasteiger partial charge in [-0.15, -0.1) is 0 Å². The van der Waals surface area contributed by atoms with Crippen LogP contribution in [-0.2, 0) is 0 Å². The summed E-state index contributed by atoms with van der Waals surface area (Å²) >= 11 is 0. The highest BCUT2D eigenvalue weighted by atomic mass is 16.5. The maximum absolute atomic E-state index is 10.1. The second-order valence-corrected chi connectivity index (χ2v) is 9.15. The van der Waals surface area contributed by atoms with Gasteiger partial charge in [-0.3, -0.25) is 4.90 Å². The predicted molar refractivity (Wildman–Crippen MR) is 126 cm³/mol. The topological polar surface area (TPSA) is 32.7 Å². The van der Waals surface area contributed by atoms with Gasteiger partial charge in [0, 0.05) is 12.5 Å². The molecule has 1 heterocycles. The average Bonchev–Trinajstić information content (AvgIpc) is 3.33. The Hall–Kier alpha value is -2.36. The zero-order valence-corrected chi connectivity index (χ0v) is 18.2. The van der Waals surface area contributed by atoms with Crippen LogP contribution in [-0.4, -0.2) is 42.4 Å². The van der Waals surface area contributed by atoms with Crippen LogP contribution in [0.3, 0.4) is 0 Å². The summed E-state index contributed by atoms with van der Waals surface area (Å²) in [5.74, 6) is 1.74. The van der Waals surface area contributed by atoms with E-state index in [0.717, 1.165) is 31.7 Å². The summed E-state index contributed by atoms with van der Waals surface area (Å²) in [6, 6.07) is 19.7. The minimum atomic E-state index is -0.334. The summed E-state index contributed by atoms with van der Waals surface area (Å²) in [5, 5.41) is 10.1. The molecule has 3 heteroatoms. The third kappa shape index (κ3) is 4.63. The van der Waals surface area contributed by atoms with E-state index in [4.69, 9.17) is 4.74 Å². The minimum Gasteiger partial charge on any atom is -0.492 e. The average molecular weight is 416 g/mol. The SMILES string of the molecule is OC1C=C2CC[C@H](c3ccccc3)[C@H](c3ccc(OCCN4CCCC4)cc3)C2=CC1. The number of rotatable bonds is 6. The lowest BCUT2D eigenvalue weighted by Gasteiger charge is -2.38. The van der Waals surface area contributed by atoms with Gasteiger partial charge in [-0.1, -0.05) is 54.6 Å². The molecule has 3 nitrogen and oxygen atoms in total. The molecule has 1 saturated heterocycles. The molecular formula is C28H33NO2. The van der Waals surface area contributed by atoms with Gasteiger partial charge in [0.25, 0.3) is 0 Å². The van der Waals surface area contributed by atoms with Crippen molar-refractivity contribution in [2.24, 2.45) is 0 Å². The lowest BCUT2D eigenvalue weighted by atomic mass is 9.66. The Kier molecular flexibility index (Phi) is 6.24. The van der Waals surface area contributed by atoms with E-state index >= 15 is 0 Å². The number of hydrogen-bond donors (Lipinski definition) is 1. The smallest absolute Gasteiger partial charge is 0.119 e. The van der Waals surface area contributed by atoms with Crippen molar-refractivity contribution in [3.8, 4) is 5.75 Å². The van der Waals surface area contributed by atoms with Gasteiger partial charge in [0.15, 0.2) is 0 Å². The first-order chi connectivity index (χ1) is 15.3. The number of ether oxygens (including phenoxy) is 1. The standard InChI is InChI=1S/C28H33NO2/c30-24-11-15-27-23(20-24)10-14-26(21-6-2-1-3-7-21)28(27)22-8-12-25(13-9-22)31-19-18-29-16-4-5-17-29/h1-3,6-9,12-13,15,20,24,26,28,30H,4-5,10-11,14,16-19H2/t24?,26-,28+/m1/s1. The van der Waals surface area contributed by atoms with Crippen molar-refractivity contribution in [3.05, 3.63) is 89.0 Å². The van der Waals surface area contributed by atoms with Crippen molar-refractivity contribution < 1.29 is 9.84 Å². The Morgan fingerprint density at radius 1 is 0.935 bits per heavy atom. The minimum absolute atomic E-state index is 0.327. The zero-order chi connectivity index (χ0) is 21.0. The molecule has 2 aromatic rings. The summed E-state index contributed by atoms with van der Waals surface area (Å²) in [5.41, 5.74) is 5.49. The van der Waals surface area contributed by atoms with E-state index < -0.39 is 0 Å². The molecule has 0 amide bonds. The molecule has 0 radical (unpaired) electrons. The Morgan fingerprint density at radius 3 is 2.48 bits per heavy atom. The van der Waals surface area contributed by atoms with Crippen molar-refractivity contribution >= 4 is 0 Å². The van der Waals surface area contributed by atoms with Gasteiger partial charge in [-0.05, 0) is 85.5 Å². The van der Waals surface area contributed by atoms with Gasteiger partial charge in [0.05, 0.1) is 6.10 Å². The number of aliphatic hydroxyl groups is 1. The maximum Gasteiger partial charge on any atom is 0.119 e. The zero-order valence-electron chi connectivity index (χ0n) is 18.2. The third-order valence-corrected chi connectivity index (χ3v) is 7.15.